The summed E-state index contributed by atoms with van der Waals surface area (Å²) in [7, 11) is 0. The number of nitrogens with zero attached hydrogens (tertiary/aromatic N) is 1. The zero-order valence-electron chi connectivity index (χ0n) is 10.8. The summed E-state index contributed by atoms with van der Waals surface area (Å²) in [5, 5.41) is 0. The molecule has 0 saturated heterocycles. The topological polar surface area (TPSA) is 20.3 Å². The largest absolute Gasteiger partial charge is 0.303 e. The van der Waals surface area contributed by atoms with Crippen LogP contribution in [0.4, 0.5) is 0 Å². The molecule has 0 aliphatic carbocycles. The van der Waals surface area contributed by atoms with Gasteiger partial charge in [0.05, 0.1) is 0 Å². The molecule has 2 nitrogen and oxygen atoms in total. The van der Waals surface area contributed by atoms with Crippen LogP contribution in [0.2, 0.25) is 0 Å². The third-order valence-corrected chi connectivity index (χ3v) is 3.46. The van der Waals surface area contributed by atoms with E-state index in [9.17, 15) is 4.79 Å². The molecule has 0 spiro atoms. The van der Waals surface area contributed by atoms with E-state index in [1.807, 2.05) is 13.8 Å². The predicted octanol–water partition coefficient (Wildman–Crippen LogP) is 2.31. The zero-order valence-corrected chi connectivity index (χ0v) is 10.8. The Bertz CT molecular complexity index is 371. The van der Waals surface area contributed by atoms with Crippen LogP contribution in [0.5, 0.6) is 0 Å². The third kappa shape index (κ3) is 3.16. The van der Waals surface area contributed by atoms with Crippen LogP contribution in [0.3, 0.4) is 0 Å². The van der Waals surface area contributed by atoms with Crippen LogP contribution in [0, 0.1) is 5.41 Å². The molecule has 0 saturated carbocycles. The second-order valence-corrected chi connectivity index (χ2v) is 5.65. The van der Waals surface area contributed by atoms with E-state index in [0.717, 1.165) is 38.8 Å². The maximum absolute atomic E-state index is 11.0. The van der Waals surface area contributed by atoms with Crippen molar-refractivity contribution in [3.8, 4) is 0 Å². The van der Waals surface area contributed by atoms with Gasteiger partial charge in [0.25, 0.3) is 0 Å². The molecule has 0 aromatic heterocycles. The normalized spacial score (nSPS) is 17.3. The van der Waals surface area contributed by atoms with Crippen molar-refractivity contribution < 1.29 is 4.79 Å². The average Bonchev–Trinajstić information content (AvgIpc) is 2.52. The molecule has 1 aromatic rings. The number of benzene rings is 1. The summed E-state index contributed by atoms with van der Waals surface area (Å²) in [4.78, 5) is 13.4. The molecule has 0 unspecified atom stereocenters. The van der Waals surface area contributed by atoms with Gasteiger partial charge in [-0.05, 0) is 24.0 Å². The van der Waals surface area contributed by atoms with Crippen molar-refractivity contribution in [2.45, 2.75) is 26.7 Å². The highest BCUT2D eigenvalue weighted by atomic mass is 16.1. The minimum absolute atomic E-state index is 0.226. The molecule has 0 bridgehead atoms. The summed E-state index contributed by atoms with van der Waals surface area (Å²) in [5.41, 5.74) is 2.72. The van der Waals surface area contributed by atoms with Crippen molar-refractivity contribution in [3.05, 3.63) is 35.4 Å². The predicted molar refractivity (Wildman–Crippen MR) is 70.1 cm³/mol. The molecular formula is C15H21NO. The first-order valence-corrected chi connectivity index (χ1v) is 6.36. The monoisotopic (exact) mass is 231 g/mol. The maximum Gasteiger partial charge on any atom is 0.126 e. The fraction of sp³-hybridized carbons (Fsp3) is 0.533. The van der Waals surface area contributed by atoms with Gasteiger partial charge in [-0.3, -0.25) is 0 Å². The Morgan fingerprint density at radius 2 is 1.71 bits per heavy atom. The van der Waals surface area contributed by atoms with E-state index in [1.165, 1.54) is 11.1 Å². The fourth-order valence-electron chi connectivity index (χ4n) is 2.49. The van der Waals surface area contributed by atoms with Gasteiger partial charge >= 0.3 is 0 Å². The second-order valence-electron chi connectivity index (χ2n) is 5.65. The molecule has 92 valence electrons. The van der Waals surface area contributed by atoms with E-state index in [2.05, 4.69) is 29.2 Å². The van der Waals surface area contributed by atoms with Crippen molar-refractivity contribution in [3.63, 3.8) is 0 Å². The summed E-state index contributed by atoms with van der Waals surface area (Å²) in [6.07, 6.45) is 3.28. The lowest BCUT2D eigenvalue weighted by Gasteiger charge is -2.27. The summed E-state index contributed by atoms with van der Waals surface area (Å²) in [6.45, 7) is 7.02. The van der Waals surface area contributed by atoms with E-state index < -0.39 is 0 Å². The highest BCUT2D eigenvalue weighted by Crippen LogP contribution is 2.19. The van der Waals surface area contributed by atoms with Crippen molar-refractivity contribution in [1.82, 2.24) is 4.90 Å². The van der Waals surface area contributed by atoms with Crippen LogP contribution < -0.4 is 0 Å². The highest BCUT2D eigenvalue weighted by Gasteiger charge is 2.22. The van der Waals surface area contributed by atoms with Gasteiger partial charge in [-0.25, -0.2) is 0 Å². The Labute approximate surface area is 104 Å². The van der Waals surface area contributed by atoms with Gasteiger partial charge in [0, 0.05) is 25.0 Å². The number of aldehydes is 1. The summed E-state index contributed by atoms with van der Waals surface area (Å²) < 4.78 is 0. The molecule has 1 aliphatic heterocycles. The van der Waals surface area contributed by atoms with Gasteiger partial charge in [0.1, 0.15) is 6.29 Å². The third-order valence-electron chi connectivity index (χ3n) is 3.46. The summed E-state index contributed by atoms with van der Waals surface area (Å²) >= 11 is 0. The van der Waals surface area contributed by atoms with Crippen LogP contribution >= 0.6 is 0 Å². The van der Waals surface area contributed by atoms with Crippen molar-refractivity contribution in [1.29, 1.82) is 0 Å². The van der Waals surface area contributed by atoms with Crippen molar-refractivity contribution in [2.24, 2.45) is 5.41 Å². The van der Waals surface area contributed by atoms with Gasteiger partial charge < -0.3 is 9.69 Å². The molecule has 1 heterocycles. The number of hydrogen-bond donors (Lipinski definition) is 0. The van der Waals surface area contributed by atoms with Crippen LogP contribution in [-0.4, -0.2) is 30.8 Å². The maximum atomic E-state index is 11.0. The van der Waals surface area contributed by atoms with Gasteiger partial charge in [-0.2, -0.15) is 0 Å². The quantitative estimate of drug-likeness (QED) is 0.744. The molecule has 1 aromatic carbocycles. The molecule has 0 fully saturated rings. The van der Waals surface area contributed by atoms with Crippen LogP contribution in [0.25, 0.3) is 0 Å². The number of carbonyl (C=O) groups is 1. The Hall–Kier alpha value is -1.15. The van der Waals surface area contributed by atoms with Crippen LogP contribution in [0.1, 0.15) is 25.0 Å². The second kappa shape index (κ2) is 5.01. The van der Waals surface area contributed by atoms with E-state index in [1.54, 1.807) is 0 Å². The van der Waals surface area contributed by atoms with E-state index in [4.69, 9.17) is 0 Å². The standard InChI is InChI=1S/C15H21NO/c1-15(2,12-17)11-16-9-7-13-5-3-4-6-14(13)8-10-16/h3-6,12H,7-11H2,1-2H3. The molecule has 0 radical (unpaired) electrons. The molecular weight excluding hydrogens is 210 g/mol. The Balaban J connectivity index is 2.02. The molecule has 0 amide bonds. The first-order valence-electron chi connectivity index (χ1n) is 6.36. The van der Waals surface area contributed by atoms with Crippen LogP contribution in [0.15, 0.2) is 24.3 Å². The number of carbonyl (C=O) groups excluding carboxylic acids is 1. The lowest BCUT2D eigenvalue weighted by atomic mass is 9.95. The number of rotatable bonds is 3. The van der Waals surface area contributed by atoms with Gasteiger partial charge in [0.15, 0.2) is 0 Å². The summed E-state index contributed by atoms with van der Waals surface area (Å²) in [5.74, 6) is 0. The van der Waals surface area contributed by atoms with Gasteiger partial charge in [-0.1, -0.05) is 38.1 Å². The van der Waals surface area contributed by atoms with Crippen molar-refractivity contribution in [2.75, 3.05) is 19.6 Å². The minimum Gasteiger partial charge on any atom is -0.303 e. The van der Waals surface area contributed by atoms with E-state index >= 15 is 0 Å². The Morgan fingerprint density at radius 3 is 2.18 bits per heavy atom. The first kappa shape index (κ1) is 12.3. The Kier molecular flexibility index (Phi) is 3.63. The fourth-order valence-corrected chi connectivity index (χ4v) is 2.49. The molecule has 0 N–H and O–H groups in total. The van der Waals surface area contributed by atoms with E-state index in [0.29, 0.717) is 0 Å². The molecule has 2 rings (SSSR count). The first-order chi connectivity index (χ1) is 8.11. The van der Waals surface area contributed by atoms with Gasteiger partial charge in [0.2, 0.25) is 0 Å². The number of hydrogen-bond acceptors (Lipinski definition) is 2. The molecule has 0 atom stereocenters. The van der Waals surface area contributed by atoms with Crippen LogP contribution in [-0.2, 0) is 17.6 Å². The zero-order chi connectivity index (χ0) is 12.3. The number of fused-ring (bicyclic) bond motifs is 1. The molecule has 2 heteroatoms. The lowest BCUT2D eigenvalue weighted by molar-refractivity contribution is -0.115. The van der Waals surface area contributed by atoms with E-state index in [-0.39, 0.29) is 5.41 Å². The molecule has 1 aliphatic rings. The molecule has 17 heavy (non-hydrogen) atoms. The summed E-state index contributed by atoms with van der Waals surface area (Å²) in [6, 6.07) is 8.68. The Morgan fingerprint density at radius 1 is 1.18 bits per heavy atom. The highest BCUT2D eigenvalue weighted by molar-refractivity contribution is 5.58. The minimum atomic E-state index is -0.226. The average molecular weight is 231 g/mol. The SMILES string of the molecule is CC(C)(C=O)CN1CCc2ccccc2CC1. The lowest BCUT2D eigenvalue weighted by Crippen LogP contribution is -2.36. The van der Waals surface area contributed by atoms with Gasteiger partial charge in [-0.15, -0.1) is 0 Å². The smallest absolute Gasteiger partial charge is 0.126 e. The van der Waals surface area contributed by atoms with Crippen molar-refractivity contribution >= 4 is 6.29 Å².